The number of nitrogens with zero attached hydrogens (tertiary/aromatic N) is 2. The second-order valence-corrected chi connectivity index (χ2v) is 9.98. The number of para-hydroxylation sites is 1. The lowest BCUT2D eigenvalue weighted by molar-refractivity contribution is -0.695. The summed E-state index contributed by atoms with van der Waals surface area (Å²) in [7, 11) is -4.42. The summed E-state index contributed by atoms with van der Waals surface area (Å²) in [6.45, 7) is 0. The number of rotatable bonds is 7. The maximum absolute atomic E-state index is 12.2. The number of hydrogen-bond donors (Lipinski definition) is 2. The van der Waals surface area contributed by atoms with Gasteiger partial charge in [0.2, 0.25) is 5.69 Å². The number of aromatic nitrogens is 2. The average Bonchev–Trinajstić information content (AvgIpc) is 2.90. The van der Waals surface area contributed by atoms with Gasteiger partial charge in [0.15, 0.2) is 24.8 Å². The Morgan fingerprint density at radius 3 is 1.67 bits per heavy atom. The number of pyridine rings is 2. The van der Waals surface area contributed by atoms with Crippen molar-refractivity contribution in [1.29, 1.82) is 0 Å². The van der Waals surface area contributed by atoms with Crippen molar-refractivity contribution in [2.75, 3.05) is 0 Å². The van der Waals surface area contributed by atoms with Gasteiger partial charge >= 0.3 is 7.60 Å². The first-order valence-electron chi connectivity index (χ1n) is 11.4. The van der Waals surface area contributed by atoms with Crippen molar-refractivity contribution in [3.8, 4) is 28.3 Å². The highest BCUT2D eigenvalue weighted by Gasteiger charge is 2.38. The first kappa shape index (κ1) is 23.6. The molecule has 0 aliphatic rings. The Morgan fingerprint density at radius 1 is 0.611 bits per heavy atom. The van der Waals surface area contributed by atoms with Crippen LogP contribution in [0.3, 0.4) is 0 Å². The molecule has 1 atom stereocenters. The summed E-state index contributed by atoms with van der Waals surface area (Å²) in [6, 6.07) is 34.1. The summed E-state index contributed by atoms with van der Waals surface area (Å²) in [5.41, 5.74) is 3.50. The quantitative estimate of drug-likeness (QED) is 0.233. The highest BCUT2D eigenvalue weighted by atomic mass is 31.2. The van der Waals surface area contributed by atoms with Gasteiger partial charge in [-0.2, -0.15) is 9.13 Å². The van der Waals surface area contributed by atoms with Crippen molar-refractivity contribution in [3.05, 3.63) is 140 Å². The molecule has 178 valence electrons. The van der Waals surface area contributed by atoms with E-state index in [0.717, 1.165) is 28.3 Å². The molecule has 5 aromatic rings. The van der Waals surface area contributed by atoms with Crippen molar-refractivity contribution < 1.29 is 28.2 Å². The zero-order chi connectivity index (χ0) is 25.0. The molecule has 0 radical (unpaired) electrons. The third-order valence-electron chi connectivity index (χ3n) is 5.83. The van der Waals surface area contributed by atoms with Crippen molar-refractivity contribution >= 4 is 7.60 Å². The first-order valence-corrected chi connectivity index (χ1v) is 13.1. The molecule has 0 saturated carbocycles. The minimum absolute atomic E-state index is 0.560. The van der Waals surface area contributed by atoms with Gasteiger partial charge in [-0.25, -0.2) is 0 Å². The van der Waals surface area contributed by atoms with E-state index in [1.54, 1.807) is 41.2 Å². The van der Waals surface area contributed by atoms with Gasteiger partial charge in [0.25, 0.3) is 5.78 Å². The van der Waals surface area contributed by atoms with Crippen molar-refractivity contribution in [2.45, 2.75) is 5.78 Å². The smallest absolute Gasteiger partial charge is 0.398 e. The molecule has 2 N–H and O–H groups in total. The van der Waals surface area contributed by atoms with E-state index < -0.39 is 13.4 Å². The monoisotopic (exact) mass is 496 g/mol. The van der Waals surface area contributed by atoms with Crippen molar-refractivity contribution in [1.82, 2.24) is 0 Å². The molecule has 5 rings (SSSR count). The minimum atomic E-state index is -4.42. The molecule has 2 aromatic heterocycles. The Morgan fingerprint density at radius 2 is 1.11 bits per heavy atom. The maximum Gasteiger partial charge on any atom is 0.398 e. The molecule has 0 aliphatic carbocycles. The summed E-state index contributed by atoms with van der Waals surface area (Å²) in [5.74, 6) is 0.491. The predicted octanol–water partition coefficient (Wildman–Crippen LogP) is 5.43. The molecule has 6 nitrogen and oxygen atoms in total. The Hall–Kier alpha value is -4.09. The fourth-order valence-electron chi connectivity index (χ4n) is 4.06. The number of ether oxygens (including phenoxy) is 1. The second-order valence-electron chi connectivity index (χ2n) is 8.31. The van der Waals surface area contributed by atoms with Gasteiger partial charge in [0, 0.05) is 42.0 Å². The molecular weight excluding hydrogens is 471 g/mol. The van der Waals surface area contributed by atoms with Crippen LogP contribution < -0.4 is 13.9 Å². The van der Waals surface area contributed by atoms with Crippen LogP contribution in [0, 0.1) is 0 Å². The van der Waals surface area contributed by atoms with E-state index >= 15 is 0 Å². The normalized spacial score (nSPS) is 12.2. The standard InChI is InChI=1S/C29H23N2O4P/c32-36(33,34)29(25-7-3-1-4-8-25)31-21-17-24(18-22-31)23-15-19-30(20-16-23)26-11-13-28(14-12-26)35-27-9-5-2-6-10-27/h1-22,29H/p+2. The van der Waals surface area contributed by atoms with Gasteiger partial charge in [-0.3, -0.25) is 4.57 Å². The van der Waals surface area contributed by atoms with Crippen LogP contribution in [0.25, 0.3) is 16.8 Å². The topological polar surface area (TPSA) is 74.5 Å². The van der Waals surface area contributed by atoms with E-state index in [0.29, 0.717) is 5.56 Å². The molecule has 7 heteroatoms. The highest BCUT2D eigenvalue weighted by Crippen LogP contribution is 2.49. The Labute approximate surface area is 209 Å². The van der Waals surface area contributed by atoms with Gasteiger partial charge in [-0.15, -0.1) is 0 Å². The first-order chi connectivity index (χ1) is 17.5. The van der Waals surface area contributed by atoms with E-state index in [2.05, 4.69) is 0 Å². The molecule has 36 heavy (non-hydrogen) atoms. The van der Waals surface area contributed by atoms with Gasteiger partial charge in [0.05, 0.1) is 0 Å². The lowest BCUT2D eigenvalue weighted by atomic mass is 10.1. The number of benzene rings is 3. The molecule has 0 amide bonds. The van der Waals surface area contributed by atoms with Crippen LogP contribution in [-0.2, 0) is 4.57 Å². The van der Waals surface area contributed by atoms with Crippen LogP contribution in [0.1, 0.15) is 11.3 Å². The van der Waals surface area contributed by atoms with E-state index in [1.807, 2.05) is 102 Å². The SMILES string of the molecule is O=P(O)(O)C(c1ccccc1)[n+]1ccc(-c2cc[n+](-c3ccc(Oc4ccccc4)cc3)cc2)cc1. The Kier molecular flexibility index (Phi) is 6.74. The fourth-order valence-corrected chi connectivity index (χ4v) is 5.12. The Balaban J connectivity index is 1.32. The van der Waals surface area contributed by atoms with Gasteiger partial charge < -0.3 is 14.5 Å². The summed E-state index contributed by atoms with van der Waals surface area (Å²) >= 11 is 0. The molecule has 3 aromatic carbocycles. The van der Waals surface area contributed by atoms with Crippen LogP contribution in [0.15, 0.2) is 134 Å². The van der Waals surface area contributed by atoms with E-state index in [4.69, 9.17) is 4.74 Å². The molecule has 0 fully saturated rings. The van der Waals surface area contributed by atoms with Gasteiger partial charge in [0.1, 0.15) is 11.5 Å². The van der Waals surface area contributed by atoms with Crippen molar-refractivity contribution in [2.24, 2.45) is 0 Å². The molecule has 0 aliphatic heterocycles. The molecule has 0 spiro atoms. The third-order valence-corrected chi connectivity index (χ3v) is 7.03. The zero-order valence-electron chi connectivity index (χ0n) is 19.3. The Bertz CT molecular complexity index is 1470. The van der Waals surface area contributed by atoms with Gasteiger partial charge in [-0.1, -0.05) is 48.5 Å². The van der Waals surface area contributed by atoms with E-state index in [1.165, 1.54) is 0 Å². The van der Waals surface area contributed by atoms with Gasteiger partial charge in [-0.05, 0) is 35.4 Å². The van der Waals surface area contributed by atoms with Crippen molar-refractivity contribution in [3.63, 3.8) is 0 Å². The highest BCUT2D eigenvalue weighted by molar-refractivity contribution is 7.51. The third kappa shape index (κ3) is 5.42. The summed E-state index contributed by atoms with van der Waals surface area (Å²) < 4.78 is 21.7. The van der Waals surface area contributed by atoms with Crippen LogP contribution in [0.5, 0.6) is 11.5 Å². The summed E-state index contributed by atoms with van der Waals surface area (Å²) in [6.07, 6.45) is 7.37. The largest absolute Gasteiger partial charge is 0.457 e. The zero-order valence-corrected chi connectivity index (χ0v) is 20.2. The van der Waals surface area contributed by atoms with Crippen LogP contribution in [-0.4, -0.2) is 9.79 Å². The molecular formula is C29H25N2O4P+2. The number of hydrogen-bond acceptors (Lipinski definition) is 2. The summed E-state index contributed by atoms with van der Waals surface area (Å²) in [4.78, 5) is 20.0. The summed E-state index contributed by atoms with van der Waals surface area (Å²) in [5, 5.41) is 0. The molecule has 0 saturated heterocycles. The predicted molar refractivity (Wildman–Crippen MR) is 137 cm³/mol. The maximum atomic E-state index is 12.2. The molecule has 0 bridgehead atoms. The lowest BCUT2D eigenvalue weighted by Gasteiger charge is -2.14. The lowest BCUT2D eigenvalue weighted by Crippen LogP contribution is -2.39. The fraction of sp³-hybridized carbons (Fsp3) is 0.0345. The van der Waals surface area contributed by atoms with Crippen LogP contribution in [0.4, 0.5) is 0 Å². The average molecular weight is 497 g/mol. The molecule has 1 unspecified atom stereocenters. The van der Waals surface area contributed by atoms with E-state index in [-0.39, 0.29) is 0 Å². The van der Waals surface area contributed by atoms with E-state index in [9.17, 15) is 14.4 Å². The van der Waals surface area contributed by atoms with Crippen LogP contribution in [0.2, 0.25) is 0 Å². The minimum Gasteiger partial charge on any atom is -0.457 e. The molecule has 2 heterocycles. The van der Waals surface area contributed by atoms with Crippen LogP contribution >= 0.6 is 7.60 Å². The second kappa shape index (κ2) is 10.3.